The van der Waals surface area contributed by atoms with Crippen LogP contribution in [0.3, 0.4) is 0 Å². The smallest absolute Gasteiger partial charge is 0.462 e. The van der Waals surface area contributed by atoms with E-state index in [0.29, 0.717) is 25.7 Å². The molecule has 0 unspecified atom stereocenters. The number of hydrogen-bond donors (Lipinski definition) is 3. The zero-order chi connectivity index (χ0) is 39.1. The summed E-state index contributed by atoms with van der Waals surface area (Å²) in [7, 11) is -4.79. The summed E-state index contributed by atoms with van der Waals surface area (Å²) in [4.78, 5) is 42.7. The van der Waals surface area contributed by atoms with Crippen LogP contribution in [0.5, 0.6) is 0 Å². The summed E-state index contributed by atoms with van der Waals surface area (Å²) in [5, 5.41) is 9.78. The van der Waals surface area contributed by atoms with Crippen molar-refractivity contribution >= 4 is 19.8 Å². The normalized spacial score (nSPS) is 14.1. The molecule has 0 saturated heterocycles. The van der Waals surface area contributed by atoms with Crippen molar-refractivity contribution in [2.75, 3.05) is 13.2 Å². The first kappa shape index (κ1) is 49.9. The minimum Gasteiger partial charge on any atom is -0.462 e. The Morgan fingerprint density at radius 3 is 1.47 bits per heavy atom. The highest BCUT2D eigenvalue weighted by atomic mass is 31.2. The Balaban J connectivity index is 4.21. The van der Waals surface area contributed by atoms with E-state index in [4.69, 9.17) is 19.3 Å². The van der Waals surface area contributed by atoms with Crippen LogP contribution in [0.4, 0.5) is 0 Å². The fraction of sp³-hybridized carbons (Fsp3) is 0.581. The lowest BCUT2D eigenvalue weighted by Crippen LogP contribution is -2.29. The summed E-state index contributed by atoms with van der Waals surface area (Å²) in [6.07, 6.45) is 47.6. The molecular formula is C43H69O9P. The van der Waals surface area contributed by atoms with Crippen LogP contribution in [0.15, 0.2) is 97.2 Å². The molecule has 2 atom stereocenters. The first-order valence-electron chi connectivity index (χ1n) is 19.6. The first-order chi connectivity index (χ1) is 25.7. The Bertz CT molecular complexity index is 1190. The van der Waals surface area contributed by atoms with Crippen molar-refractivity contribution in [3.63, 3.8) is 0 Å². The molecule has 0 aromatic carbocycles. The minimum atomic E-state index is -4.79. The Hall–Kier alpha value is -3.07. The van der Waals surface area contributed by atoms with Crippen LogP contribution in [0.2, 0.25) is 0 Å². The quantitative estimate of drug-likeness (QED) is 0.0253. The van der Waals surface area contributed by atoms with Gasteiger partial charge in [-0.15, -0.1) is 0 Å². The highest BCUT2D eigenvalue weighted by Crippen LogP contribution is 2.35. The number of carbonyl (C=O) groups is 2. The van der Waals surface area contributed by atoms with Gasteiger partial charge in [0.2, 0.25) is 0 Å². The van der Waals surface area contributed by atoms with Crippen molar-refractivity contribution in [3.8, 4) is 0 Å². The maximum absolute atomic E-state index is 12.4. The summed E-state index contributed by atoms with van der Waals surface area (Å²) in [5.74, 6) is -1.05. The molecule has 0 amide bonds. The van der Waals surface area contributed by atoms with Crippen LogP contribution in [0, 0.1) is 0 Å². The predicted molar refractivity (Wildman–Crippen MR) is 217 cm³/mol. The van der Waals surface area contributed by atoms with Crippen molar-refractivity contribution in [2.24, 2.45) is 0 Å². The first-order valence-corrected chi connectivity index (χ1v) is 21.2. The molecule has 0 aromatic heterocycles. The molecule has 300 valence electrons. The molecule has 0 rings (SSSR count). The number of phosphoric ester groups is 1. The van der Waals surface area contributed by atoms with E-state index in [1.807, 2.05) is 36.5 Å². The third-order valence-electron chi connectivity index (χ3n) is 7.65. The summed E-state index contributed by atoms with van der Waals surface area (Å²) in [6, 6.07) is 0. The van der Waals surface area contributed by atoms with Crippen LogP contribution in [-0.2, 0) is 28.2 Å². The van der Waals surface area contributed by atoms with Crippen LogP contribution in [0.1, 0.15) is 136 Å². The molecule has 0 aliphatic carbocycles. The number of aliphatic hydroxyl groups excluding tert-OH is 1. The Kier molecular flexibility index (Phi) is 35.1. The summed E-state index contributed by atoms with van der Waals surface area (Å²) < 4.78 is 26.2. The fourth-order valence-electron chi connectivity index (χ4n) is 4.67. The molecule has 0 aliphatic heterocycles. The molecule has 0 saturated carbocycles. The average Bonchev–Trinajstić information content (AvgIpc) is 3.12. The minimum absolute atomic E-state index is 0.110. The van der Waals surface area contributed by atoms with E-state index in [1.165, 1.54) is 19.3 Å². The number of phosphoric acid groups is 1. The van der Waals surface area contributed by atoms with Crippen LogP contribution >= 0.6 is 7.82 Å². The van der Waals surface area contributed by atoms with Gasteiger partial charge in [-0.1, -0.05) is 137 Å². The van der Waals surface area contributed by atoms with Crippen molar-refractivity contribution in [1.29, 1.82) is 0 Å². The lowest BCUT2D eigenvalue weighted by atomic mass is 10.1. The van der Waals surface area contributed by atoms with Gasteiger partial charge in [0, 0.05) is 12.8 Å². The van der Waals surface area contributed by atoms with Crippen LogP contribution in [0.25, 0.3) is 0 Å². The number of rotatable bonds is 34. The van der Waals surface area contributed by atoms with Crippen molar-refractivity contribution in [3.05, 3.63) is 97.2 Å². The van der Waals surface area contributed by atoms with Gasteiger partial charge in [0.05, 0.1) is 12.7 Å². The second kappa shape index (κ2) is 37.3. The Labute approximate surface area is 320 Å². The highest BCUT2D eigenvalue weighted by Gasteiger charge is 2.22. The molecule has 0 spiro atoms. The van der Waals surface area contributed by atoms with Gasteiger partial charge in [-0.05, 0) is 83.5 Å². The molecule has 0 aromatic rings. The third kappa shape index (κ3) is 40.0. The number of hydrogen-bond acceptors (Lipinski definition) is 7. The van der Waals surface area contributed by atoms with Gasteiger partial charge in [-0.3, -0.25) is 14.1 Å². The van der Waals surface area contributed by atoms with Gasteiger partial charge in [0.15, 0.2) is 6.10 Å². The number of aliphatic hydroxyl groups is 1. The van der Waals surface area contributed by atoms with Crippen LogP contribution < -0.4 is 0 Å². The third-order valence-corrected chi connectivity index (χ3v) is 8.13. The maximum Gasteiger partial charge on any atom is 0.469 e. The van der Waals surface area contributed by atoms with Gasteiger partial charge >= 0.3 is 19.8 Å². The van der Waals surface area contributed by atoms with Gasteiger partial charge in [-0.2, -0.15) is 0 Å². The van der Waals surface area contributed by atoms with Crippen molar-refractivity contribution < 1.29 is 43.0 Å². The monoisotopic (exact) mass is 760 g/mol. The Morgan fingerprint density at radius 1 is 0.566 bits per heavy atom. The maximum atomic E-state index is 12.4. The molecule has 0 fully saturated rings. The molecule has 0 heterocycles. The van der Waals surface area contributed by atoms with E-state index in [9.17, 15) is 19.3 Å². The van der Waals surface area contributed by atoms with Gasteiger partial charge in [0.1, 0.15) is 6.61 Å². The lowest BCUT2D eigenvalue weighted by molar-refractivity contribution is -0.161. The zero-order valence-corrected chi connectivity index (χ0v) is 33.4. The topological polar surface area (TPSA) is 140 Å². The van der Waals surface area contributed by atoms with E-state index < -0.39 is 32.5 Å². The van der Waals surface area contributed by atoms with Gasteiger partial charge in [0.25, 0.3) is 0 Å². The molecule has 9 nitrogen and oxygen atoms in total. The SMILES string of the molecule is CCCCC/C=C\C/C=C\C/C=C\C/C=C\CCCC(=O)O[C@H](COC(=O)CCC/C=C\C/C=C\C/C=C\C/C=C\[C@@H](O)CCCC)COP(=O)(O)O. The van der Waals surface area contributed by atoms with E-state index in [2.05, 4.69) is 79.1 Å². The number of allylic oxidation sites excluding steroid dienone is 15. The molecular weight excluding hydrogens is 691 g/mol. The second-order valence-electron chi connectivity index (χ2n) is 12.7. The molecule has 10 heteroatoms. The highest BCUT2D eigenvalue weighted by molar-refractivity contribution is 7.46. The van der Waals surface area contributed by atoms with E-state index >= 15 is 0 Å². The number of esters is 2. The van der Waals surface area contributed by atoms with Gasteiger partial charge in [-0.25, -0.2) is 4.57 Å². The van der Waals surface area contributed by atoms with E-state index in [-0.39, 0.29) is 25.6 Å². The molecule has 0 aliphatic rings. The summed E-state index contributed by atoms with van der Waals surface area (Å²) in [5.41, 5.74) is 0. The number of ether oxygens (including phenoxy) is 2. The van der Waals surface area contributed by atoms with Gasteiger partial charge < -0.3 is 24.4 Å². The summed E-state index contributed by atoms with van der Waals surface area (Å²) >= 11 is 0. The van der Waals surface area contributed by atoms with Crippen LogP contribution in [-0.4, -0.2) is 52.3 Å². The molecule has 53 heavy (non-hydrogen) atoms. The number of carbonyl (C=O) groups excluding carboxylic acids is 2. The summed E-state index contributed by atoms with van der Waals surface area (Å²) in [6.45, 7) is 3.38. The zero-order valence-electron chi connectivity index (χ0n) is 32.5. The van der Waals surface area contributed by atoms with E-state index in [1.54, 1.807) is 0 Å². The molecule has 0 radical (unpaired) electrons. The average molecular weight is 761 g/mol. The van der Waals surface area contributed by atoms with E-state index in [0.717, 1.165) is 64.2 Å². The van der Waals surface area contributed by atoms with Crippen molar-refractivity contribution in [1.82, 2.24) is 0 Å². The fourth-order valence-corrected chi connectivity index (χ4v) is 5.03. The Morgan fingerprint density at radius 2 is 1.00 bits per heavy atom. The second-order valence-corrected chi connectivity index (χ2v) is 14.0. The predicted octanol–water partition coefficient (Wildman–Crippen LogP) is 10.8. The lowest BCUT2D eigenvalue weighted by Gasteiger charge is -2.18. The largest absolute Gasteiger partial charge is 0.469 e. The molecule has 0 bridgehead atoms. The number of unbranched alkanes of at least 4 members (excludes halogenated alkanes) is 6. The molecule has 3 N–H and O–H groups in total. The standard InChI is InChI=1S/C43H69O9P/c1-3-5-7-8-9-10-11-12-13-14-15-16-21-24-27-30-33-37-43(46)52-41(39-51-53(47,48)49)38-50-42(45)36-32-29-26-23-20-18-17-19-22-25-28-31-35-40(44)34-6-4-2/h9-10,12-13,15-18,22-27,31,35,40-41,44H,3-8,11,14,19-21,28-30,32-34,36-39H2,1-2H3,(H2,47,48,49)/b10-9-,13-12-,16-15-,18-17-,25-22-,26-23-,27-24-,35-31-/t40-,41+/m0/s1. The van der Waals surface area contributed by atoms with Crippen molar-refractivity contribution in [2.45, 2.75) is 148 Å².